The third-order valence-corrected chi connectivity index (χ3v) is 2.08. The van der Waals surface area contributed by atoms with E-state index in [9.17, 15) is 9.59 Å². The topological polar surface area (TPSA) is 90.9 Å². The van der Waals surface area contributed by atoms with E-state index in [0.29, 0.717) is 0 Å². The molecule has 0 spiro atoms. The second-order valence-electron chi connectivity index (χ2n) is 3.29. The zero-order valence-electron chi connectivity index (χ0n) is 9.40. The van der Waals surface area contributed by atoms with Crippen molar-refractivity contribution in [3.05, 3.63) is 0 Å². The van der Waals surface area contributed by atoms with E-state index in [-0.39, 0.29) is 25.2 Å². The first-order valence-electron chi connectivity index (χ1n) is 5.05. The van der Waals surface area contributed by atoms with Crippen LogP contribution in [0.15, 0.2) is 0 Å². The van der Waals surface area contributed by atoms with Crippen molar-refractivity contribution in [3.8, 4) is 12.1 Å². The predicted molar refractivity (Wildman–Crippen MR) is 54.8 cm³/mol. The lowest BCUT2D eigenvalue weighted by atomic mass is 9.98. The molecule has 0 aliphatic heterocycles. The van der Waals surface area contributed by atoms with Crippen LogP contribution in [0.5, 0.6) is 0 Å². The van der Waals surface area contributed by atoms with Gasteiger partial charge in [0.05, 0.1) is 18.7 Å². The fraction of sp³-hybridized carbons (Fsp3) is 0.636. The van der Waals surface area contributed by atoms with Crippen molar-refractivity contribution in [2.45, 2.75) is 26.7 Å². The summed E-state index contributed by atoms with van der Waals surface area (Å²) >= 11 is 0. The first-order chi connectivity index (χ1) is 7.56. The van der Waals surface area contributed by atoms with E-state index in [0.717, 1.165) is 0 Å². The Hall–Kier alpha value is -1.88. The van der Waals surface area contributed by atoms with Crippen molar-refractivity contribution in [2.75, 3.05) is 6.61 Å². The summed E-state index contributed by atoms with van der Waals surface area (Å²) in [5.74, 6) is -2.48. The SMILES string of the molecule is CCOC(=O)C(C#N)CCC(=O)C(C)C#N. The third-order valence-electron chi connectivity index (χ3n) is 2.08. The van der Waals surface area contributed by atoms with Gasteiger partial charge in [-0.1, -0.05) is 0 Å². The van der Waals surface area contributed by atoms with Crippen LogP contribution < -0.4 is 0 Å². The van der Waals surface area contributed by atoms with Gasteiger partial charge in [0.25, 0.3) is 0 Å². The number of hydrogen-bond donors (Lipinski definition) is 0. The zero-order chi connectivity index (χ0) is 12.6. The normalized spacial score (nSPS) is 13.0. The molecule has 0 aliphatic carbocycles. The van der Waals surface area contributed by atoms with Gasteiger partial charge in [0, 0.05) is 6.42 Å². The van der Waals surface area contributed by atoms with Gasteiger partial charge in [-0.15, -0.1) is 0 Å². The maximum atomic E-state index is 11.3. The molecule has 5 heteroatoms. The molecule has 0 aliphatic rings. The van der Waals surface area contributed by atoms with Crippen molar-refractivity contribution in [2.24, 2.45) is 11.8 Å². The van der Waals surface area contributed by atoms with Crippen molar-refractivity contribution in [1.82, 2.24) is 0 Å². The van der Waals surface area contributed by atoms with Crippen LogP contribution in [0.25, 0.3) is 0 Å². The van der Waals surface area contributed by atoms with Gasteiger partial charge in [0.1, 0.15) is 17.6 Å². The Labute approximate surface area is 94.6 Å². The van der Waals surface area contributed by atoms with E-state index < -0.39 is 17.8 Å². The second kappa shape index (κ2) is 7.42. The minimum absolute atomic E-state index is 0.0474. The lowest BCUT2D eigenvalue weighted by Crippen LogP contribution is -2.18. The van der Waals surface area contributed by atoms with Crippen molar-refractivity contribution in [1.29, 1.82) is 10.5 Å². The molecule has 0 fully saturated rings. The minimum Gasteiger partial charge on any atom is -0.465 e. The van der Waals surface area contributed by atoms with Crippen LogP contribution in [0, 0.1) is 34.5 Å². The van der Waals surface area contributed by atoms with E-state index in [1.54, 1.807) is 13.0 Å². The number of esters is 1. The number of Topliss-reactive ketones (excluding diaryl/α,β-unsaturated/α-hetero) is 1. The van der Waals surface area contributed by atoms with Gasteiger partial charge in [-0.05, 0) is 20.3 Å². The van der Waals surface area contributed by atoms with Crippen molar-refractivity contribution >= 4 is 11.8 Å². The molecule has 0 heterocycles. The van der Waals surface area contributed by atoms with Gasteiger partial charge in [-0.2, -0.15) is 10.5 Å². The Morgan fingerprint density at radius 3 is 2.38 bits per heavy atom. The number of rotatable bonds is 6. The Bertz CT molecular complexity index is 338. The molecule has 86 valence electrons. The van der Waals surface area contributed by atoms with E-state index in [1.165, 1.54) is 6.92 Å². The highest BCUT2D eigenvalue weighted by molar-refractivity contribution is 5.83. The molecule has 2 atom stereocenters. The molecule has 0 bridgehead atoms. The molecule has 0 N–H and O–H groups in total. The maximum Gasteiger partial charge on any atom is 0.323 e. The van der Waals surface area contributed by atoms with Gasteiger partial charge in [0.15, 0.2) is 0 Å². The Kier molecular flexibility index (Phi) is 6.55. The minimum atomic E-state index is -0.921. The van der Waals surface area contributed by atoms with Gasteiger partial charge in [0.2, 0.25) is 0 Å². The number of ketones is 1. The summed E-state index contributed by atoms with van der Waals surface area (Å²) in [6.07, 6.45) is 0.159. The number of ether oxygens (including phenoxy) is 1. The van der Waals surface area contributed by atoms with Crippen LogP contribution in [0.2, 0.25) is 0 Å². The van der Waals surface area contributed by atoms with E-state index in [1.807, 2.05) is 6.07 Å². The van der Waals surface area contributed by atoms with Crippen LogP contribution in [0.4, 0.5) is 0 Å². The highest BCUT2D eigenvalue weighted by Gasteiger charge is 2.21. The molecule has 2 unspecified atom stereocenters. The van der Waals surface area contributed by atoms with Crippen molar-refractivity contribution < 1.29 is 14.3 Å². The van der Waals surface area contributed by atoms with Crippen LogP contribution in [-0.2, 0) is 14.3 Å². The number of hydrogen-bond acceptors (Lipinski definition) is 5. The average Bonchev–Trinajstić information content (AvgIpc) is 2.28. The van der Waals surface area contributed by atoms with Crippen LogP contribution in [0.3, 0.4) is 0 Å². The number of carbonyl (C=O) groups excluding carboxylic acids is 2. The Morgan fingerprint density at radius 1 is 1.31 bits per heavy atom. The highest BCUT2D eigenvalue weighted by Crippen LogP contribution is 2.11. The average molecular weight is 222 g/mol. The quantitative estimate of drug-likeness (QED) is 0.629. The lowest BCUT2D eigenvalue weighted by molar-refractivity contribution is -0.146. The summed E-state index contributed by atoms with van der Waals surface area (Å²) in [6, 6.07) is 3.60. The summed E-state index contributed by atoms with van der Waals surface area (Å²) in [5, 5.41) is 17.2. The maximum absolute atomic E-state index is 11.3. The van der Waals surface area contributed by atoms with Crippen LogP contribution >= 0.6 is 0 Å². The molecule has 0 aromatic carbocycles. The van der Waals surface area contributed by atoms with Crippen LogP contribution in [-0.4, -0.2) is 18.4 Å². The Morgan fingerprint density at radius 2 is 1.94 bits per heavy atom. The summed E-state index contributed by atoms with van der Waals surface area (Å²) in [4.78, 5) is 22.5. The van der Waals surface area contributed by atoms with Crippen molar-refractivity contribution in [3.63, 3.8) is 0 Å². The molecular formula is C11H14N2O3. The second-order valence-corrected chi connectivity index (χ2v) is 3.29. The smallest absolute Gasteiger partial charge is 0.323 e. The summed E-state index contributed by atoms with van der Waals surface area (Å²) in [7, 11) is 0. The standard InChI is InChI=1S/C11H14N2O3/c1-3-16-11(15)9(7-13)4-5-10(14)8(2)6-12/h8-9H,3-5H2,1-2H3. The third kappa shape index (κ3) is 4.56. The van der Waals surface area contributed by atoms with Gasteiger partial charge >= 0.3 is 5.97 Å². The Balaban J connectivity index is 4.18. The van der Waals surface area contributed by atoms with E-state index in [4.69, 9.17) is 10.5 Å². The monoisotopic (exact) mass is 222 g/mol. The van der Waals surface area contributed by atoms with Gasteiger partial charge in [-0.25, -0.2) is 0 Å². The molecule has 0 aromatic heterocycles. The lowest BCUT2D eigenvalue weighted by Gasteiger charge is -2.07. The van der Waals surface area contributed by atoms with E-state index >= 15 is 0 Å². The highest BCUT2D eigenvalue weighted by atomic mass is 16.5. The summed E-state index contributed by atoms with van der Waals surface area (Å²) < 4.78 is 4.68. The molecule has 0 amide bonds. The largest absolute Gasteiger partial charge is 0.465 e. The molecule has 0 saturated heterocycles. The molecule has 5 nitrogen and oxygen atoms in total. The predicted octanol–water partition coefficient (Wildman–Crippen LogP) is 1.20. The molecule has 0 saturated carbocycles. The summed E-state index contributed by atoms with van der Waals surface area (Å²) in [5.41, 5.74) is 0. The first kappa shape index (κ1) is 14.1. The molecule has 0 rings (SSSR count). The fourth-order valence-electron chi connectivity index (χ4n) is 1.05. The molecular weight excluding hydrogens is 208 g/mol. The molecule has 0 aromatic rings. The first-order valence-corrected chi connectivity index (χ1v) is 5.05. The molecule has 0 radical (unpaired) electrons. The fourth-order valence-corrected chi connectivity index (χ4v) is 1.05. The van der Waals surface area contributed by atoms with Gasteiger partial charge < -0.3 is 4.74 Å². The van der Waals surface area contributed by atoms with E-state index in [2.05, 4.69) is 4.74 Å². The number of carbonyl (C=O) groups is 2. The van der Waals surface area contributed by atoms with Crippen LogP contribution in [0.1, 0.15) is 26.7 Å². The zero-order valence-corrected chi connectivity index (χ0v) is 9.40. The molecule has 16 heavy (non-hydrogen) atoms. The van der Waals surface area contributed by atoms with Gasteiger partial charge in [-0.3, -0.25) is 9.59 Å². The summed E-state index contributed by atoms with van der Waals surface area (Å²) in [6.45, 7) is 3.35. The number of nitriles is 2. The number of nitrogens with zero attached hydrogens (tertiary/aromatic N) is 2.